The molecule has 0 heterocycles. The molecule has 1 aromatic carbocycles. The van der Waals surface area contributed by atoms with Gasteiger partial charge in [0.25, 0.3) is 15.0 Å². The molecule has 0 atom stereocenters. The van der Waals surface area contributed by atoms with Crippen LogP contribution in [0.1, 0.15) is 23.2 Å². The zero-order valence-electron chi connectivity index (χ0n) is 9.77. The maximum atomic E-state index is 13.3. The number of hydrogen-bond acceptors (Lipinski definition) is 3. The fourth-order valence-electron chi connectivity index (χ4n) is 1.84. The Morgan fingerprint density at radius 3 is 2.47 bits per heavy atom. The summed E-state index contributed by atoms with van der Waals surface area (Å²) in [5, 5.41) is 2.70. The van der Waals surface area contributed by atoms with E-state index in [2.05, 4.69) is 5.32 Å². The summed E-state index contributed by atoms with van der Waals surface area (Å²) in [6.07, 6.45) is 5.29. The van der Waals surface area contributed by atoms with Gasteiger partial charge in [-0.2, -0.15) is 0 Å². The van der Waals surface area contributed by atoms with Crippen molar-refractivity contribution in [2.24, 2.45) is 0 Å². The van der Waals surface area contributed by atoms with Crippen molar-refractivity contribution in [3.8, 4) is 0 Å². The Hall–Kier alpha value is -1.40. The van der Waals surface area contributed by atoms with Gasteiger partial charge in [-0.1, -0.05) is 12.2 Å². The molecule has 0 bridgehead atoms. The fourth-order valence-corrected chi connectivity index (χ4v) is 2.63. The second-order valence-corrected chi connectivity index (χ2v) is 6.79. The molecule has 0 aromatic heterocycles. The molecule has 0 radical (unpaired) electrons. The highest BCUT2D eigenvalue weighted by molar-refractivity contribution is 8.13. The number of hydrogen-bond donors (Lipinski definition) is 1. The number of benzene rings is 1. The number of nitrogens with one attached hydrogen (secondary N) is 1. The average Bonchev–Trinajstić information content (AvgIpc) is 2.79. The van der Waals surface area contributed by atoms with E-state index in [1.54, 1.807) is 0 Å². The first-order valence-corrected chi connectivity index (χ1v) is 7.88. The van der Waals surface area contributed by atoms with Crippen LogP contribution >= 0.6 is 10.7 Å². The zero-order chi connectivity index (χ0) is 14.0. The summed E-state index contributed by atoms with van der Waals surface area (Å²) in [6, 6.07) is 2.77. The summed E-state index contributed by atoms with van der Waals surface area (Å²) < 4.78 is 35.6. The standard InChI is InChI=1S/C12H11ClFNO3S/c13-19(17,18)11-6-8(5-9(14)7-11)12(16)15-10-3-1-2-4-10/h1-2,5-7,10H,3-4H2,(H,15,16). The van der Waals surface area contributed by atoms with E-state index in [1.807, 2.05) is 12.2 Å². The normalized spacial score (nSPS) is 15.7. The molecule has 1 amide bonds. The molecule has 1 N–H and O–H groups in total. The maximum Gasteiger partial charge on any atom is 0.261 e. The minimum atomic E-state index is -4.07. The van der Waals surface area contributed by atoms with Gasteiger partial charge in [0.15, 0.2) is 0 Å². The van der Waals surface area contributed by atoms with Gasteiger partial charge < -0.3 is 5.32 Å². The highest BCUT2D eigenvalue weighted by atomic mass is 35.7. The first kappa shape index (κ1) is 14.0. The van der Waals surface area contributed by atoms with Crippen molar-refractivity contribution in [1.82, 2.24) is 5.32 Å². The SMILES string of the molecule is O=C(NC1CC=CC1)c1cc(F)cc(S(=O)(=O)Cl)c1. The van der Waals surface area contributed by atoms with Crippen LogP contribution in [0.2, 0.25) is 0 Å². The van der Waals surface area contributed by atoms with Gasteiger partial charge >= 0.3 is 0 Å². The highest BCUT2D eigenvalue weighted by Crippen LogP contribution is 2.19. The lowest BCUT2D eigenvalue weighted by Crippen LogP contribution is -2.32. The van der Waals surface area contributed by atoms with Crippen LogP contribution in [-0.2, 0) is 9.05 Å². The molecule has 102 valence electrons. The quantitative estimate of drug-likeness (QED) is 0.688. The third-order valence-corrected chi connectivity index (χ3v) is 4.09. The summed E-state index contributed by atoms with van der Waals surface area (Å²) in [7, 11) is 1.07. The van der Waals surface area contributed by atoms with Gasteiger partial charge in [0.2, 0.25) is 0 Å². The molecule has 1 aromatic rings. The Bertz CT molecular complexity index is 634. The van der Waals surface area contributed by atoms with Gasteiger partial charge in [-0.25, -0.2) is 12.8 Å². The molecular formula is C12H11ClFNO3S. The van der Waals surface area contributed by atoms with Crippen LogP contribution in [0, 0.1) is 5.82 Å². The van der Waals surface area contributed by atoms with Crippen molar-refractivity contribution < 1.29 is 17.6 Å². The summed E-state index contributed by atoms with van der Waals surface area (Å²) in [5.41, 5.74) is -0.0638. The molecule has 0 saturated carbocycles. The predicted molar refractivity (Wildman–Crippen MR) is 69.1 cm³/mol. The number of halogens is 2. The topological polar surface area (TPSA) is 63.2 Å². The van der Waals surface area contributed by atoms with Crippen LogP contribution < -0.4 is 5.32 Å². The Morgan fingerprint density at radius 1 is 1.26 bits per heavy atom. The third-order valence-electron chi connectivity index (χ3n) is 2.76. The number of carbonyl (C=O) groups excluding carboxylic acids is 1. The van der Waals surface area contributed by atoms with E-state index < -0.39 is 25.7 Å². The number of carbonyl (C=O) groups is 1. The van der Waals surface area contributed by atoms with E-state index in [0.29, 0.717) is 12.8 Å². The second kappa shape index (κ2) is 5.30. The minimum absolute atomic E-state index is 0.0353. The van der Waals surface area contributed by atoms with E-state index in [0.717, 1.165) is 18.2 Å². The average molecular weight is 304 g/mol. The fraction of sp³-hybridized carbons (Fsp3) is 0.250. The third kappa shape index (κ3) is 3.54. The molecule has 0 fully saturated rings. The smallest absolute Gasteiger partial charge is 0.261 e. The maximum absolute atomic E-state index is 13.3. The second-order valence-electron chi connectivity index (χ2n) is 4.23. The molecule has 0 saturated heterocycles. The van der Waals surface area contributed by atoms with Gasteiger partial charge in [-0.3, -0.25) is 4.79 Å². The molecule has 1 aliphatic carbocycles. The van der Waals surface area contributed by atoms with Crippen LogP contribution in [0.5, 0.6) is 0 Å². The Balaban J connectivity index is 2.24. The Labute approximate surface area is 114 Å². The summed E-state index contributed by atoms with van der Waals surface area (Å²) >= 11 is 0. The molecule has 7 heteroatoms. The van der Waals surface area contributed by atoms with Crippen molar-refractivity contribution >= 4 is 25.6 Å². The monoisotopic (exact) mass is 303 g/mol. The molecule has 0 aliphatic heterocycles. The highest BCUT2D eigenvalue weighted by Gasteiger charge is 2.18. The summed E-state index contributed by atoms with van der Waals surface area (Å²) in [6.45, 7) is 0. The molecule has 19 heavy (non-hydrogen) atoms. The number of rotatable bonds is 3. The first-order valence-electron chi connectivity index (χ1n) is 5.57. The van der Waals surface area contributed by atoms with Gasteiger partial charge in [0.1, 0.15) is 5.82 Å². The van der Waals surface area contributed by atoms with Crippen molar-refractivity contribution in [3.05, 3.63) is 41.7 Å². The minimum Gasteiger partial charge on any atom is -0.349 e. The van der Waals surface area contributed by atoms with Gasteiger partial charge in [0, 0.05) is 22.3 Å². The van der Waals surface area contributed by atoms with Crippen LogP contribution in [0.25, 0.3) is 0 Å². The molecule has 0 unspecified atom stereocenters. The van der Waals surface area contributed by atoms with Crippen molar-refractivity contribution in [3.63, 3.8) is 0 Å². The molecule has 2 rings (SSSR count). The predicted octanol–water partition coefficient (Wildman–Crippen LogP) is 2.20. The lowest BCUT2D eigenvalue weighted by atomic mass is 10.1. The van der Waals surface area contributed by atoms with Gasteiger partial charge in [-0.15, -0.1) is 0 Å². The molecule has 0 spiro atoms. The van der Waals surface area contributed by atoms with E-state index in [9.17, 15) is 17.6 Å². The van der Waals surface area contributed by atoms with Crippen LogP contribution in [0.3, 0.4) is 0 Å². The Kier molecular flexibility index (Phi) is 3.91. The molecular weight excluding hydrogens is 293 g/mol. The lowest BCUT2D eigenvalue weighted by molar-refractivity contribution is 0.0938. The van der Waals surface area contributed by atoms with Gasteiger partial charge in [0.05, 0.1) is 4.90 Å². The van der Waals surface area contributed by atoms with E-state index in [1.165, 1.54) is 0 Å². The molecule has 1 aliphatic rings. The summed E-state index contributed by atoms with van der Waals surface area (Å²) in [5.74, 6) is -1.34. The lowest BCUT2D eigenvalue weighted by Gasteiger charge is -2.12. The van der Waals surface area contributed by atoms with Crippen molar-refractivity contribution in [2.45, 2.75) is 23.8 Å². The van der Waals surface area contributed by atoms with E-state index in [-0.39, 0.29) is 11.6 Å². The first-order chi connectivity index (χ1) is 8.86. The Morgan fingerprint density at radius 2 is 1.89 bits per heavy atom. The van der Waals surface area contributed by atoms with E-state index in [4.69, 9.17) is 10.7 Å². The van der Waals surface area contributed by atoms with Crippen molar-refractivity contribution in [1.29, 1.82) is 0 Å². The molecule has 4 nitrogen and oxygen atoms in total. The van der Waals surface area contributed by atoms with Gasteiger partial charge in [-0.05, 0) is 31.0 Å². The van der Waals surface area contributed by atoms with Crippen molar-refractivity contribution in [2.75, 3.05) is 0 Å². The van der Waals surface area contributed by atoms with Crippen LogP contribution in [0.15, 0.2) is 35.2 Å². The summed E-state index contributed by atoms with van der Waals surface area (Å²) in [4.78, 5) is 11.5. The zero-order valence-corrected chi connectivity index (χ0v) is 11.3. The van der Waals surface area contributed by atoms with E-state index >= 15 is 0 Å². The number of amides is 1. The van der Waals surface area contributed by atoms with Crippen LogP contribution in [-0.4, -0.2) is 20.4 Å². The van der Waals surface area contributed by atoms with Crippen LogP contribution in [0.4, 0.5) is 4.39 Å². The largest absolute Gasteiger partial charge is 0.349 e.